The minimum atomic E-state index is 0.480. The zero-order valence-corrected chi connectivity index (χ0v) is 14.9. The highest BCUT2D eigenvalue weighted by Gasteiger charge is 2.19. The van der Waals surface area contributed by atoms with Crippen molar-refractivity contribution in [2.75, 3.05) is 44.3 Å². The van der Waals surface area contributed by atoms with Gasteiger partial charge in [-0.05, 0) is 38.4 Å². The molecular formula is C19H27N5O. The Balaban J connectivity index is 1.45. The maximum absolute atomic E-state index is 5.39. The van der Waals surface area contributed by atoms with Crippen LogP contribution in [0.15, 0.2) is 24.3 Å². The summed E-state index contributed by atoms with van der Waals surface area (Å²) in [5, 5.41) is 7.45. The maximum atomic E-state index is 5.39. The summed E-state index contributed by atoms with van der Waals surface area (Å²) in [5.41, 5.74) is 2.46. The van der Waals surface area contributed by atoms with Crippen molar-refractivity contribution in [3.05, 3.63) is 29.8 Å². The van der Waals surface area contributed by atoms with E-state index in [1.54, 1.807) is 0 Å². The Bertz CT molecular complexity index is 671. The Labute approximate surface area is 149 Å². The van der Waals surface area contributed by atoms with E-state index >= 15 is 0 Å². The third-order valence-electron chi connectivity index (χ3n) is 5.37. The van der Waals surface area contributed by atoms with Gasteiger partial charge in [0.05, 0.1) is 13.2 Å². The summed E-state index contributed by atoms with van der Waals surface area (Å²) < 4.78 is 5.39. The van der Waals surface area contributed by atoms with Crippen LogP contribution in [0.3, 0.4) is 0 Å². The van der Waals surface area contributed by atoms with Crippen molar-refractivity contribution in [3.63, 3.8) is 0 Å². The van der Waals surface area contributed by atoms with E-state index in [2.05, 4.69) is 56.2 Å². The lowest BCUT2D eigenvalue weighted by Gasteiger charge is -2.32. The molecule has 2 aliphatic rings. The number of hydrogen-bond acceptors (Lipinski definition) is 5. The molecular weight excluding hydrogens is 314 g/mol. The van der Waals surface area contributed by atoms with Crippen LogP contribution in [0.2, 0.25) is 0 Å². The number of hydrogen-bond donors (Lipinski definition) is 1. The first-order valence-corrected chi connectivity index (χ1v) is 9.41. The van der Waals surface area contributed by atoms with E-state index in [0.717, 1.165) is 43.6 Å². The number of anilines is 1. The first-order valence-electron chi connectivity index (χ1n) is 9.41. The highest BCUT2D eigenvalue weighted by atomic mass is 16.5. The molecule has 0 saturated carbocycles. The number of nitrogens with one attached hydrogen (secondary N) is 1. The third kappa shape index (κ3) is 3.70. The summed E-state index contributed by atoms with van der Waals surface area (Å²) in [4.78, 5) is 9.41. The Morgan fingerprint density at radius 1 is 1.00 bits per heavy atom. The zero-order chi connectivity index (χ0) is 17.1. The molecule has 0 radical (unpaired) electrons. The molecule has 3 heterocycles. The second kappa shape index (κ2) is 7.54. The van der Waals surface area contributed by atoms with Crippen LogP contribution in [0.25, 0.3) is 11.4 Å². The molecule has 6 heteroatoms. The molecule has 2 saturated heterocycles. The van der Waals surface area contributed by atoms with E-state index in [0.29, 0.717) is 6.04 Å². The van der Waals surface area contributed by atoms with Crippen LogP contribution in [0.4, 0.5) is 5.95 Å². The number of piperidine rings is 1. The second-order valence-electron chi connectivity index (χ2n) is 6.98. The van der Waals surface area contributed by atoms with Gasteiger partial charge >= 0.3 is 0 Å². The average molecular weight is 341 g/mol. The molecule has 1 N–H and O–H groups in total. The summed E-state index contributed by atoms with van der Waals surface area (Å²) in [5.74, 6) is 1.60. The molecule has 2 aliphatic heterocycles. The number of benzene rings is 1. The molecule has 0 bridgehead atoms. The molecule has 1 atom stereocenters. The van der Waals surface area contributed by atoms with Gasteiger partial charge in [0, 0.05) is 24.7 Å². The van der Waals surface area contributed by atoms with E-state index in [-0.39, 0.29) is 0 Å². The van der Waals surface area contributed by atoms with Crippen LogP contribution in [0, 0.1) is 0 Å². The van der Waals surface area contributed by atoms with Crippen molar-refractivity contribution in [3.8, 4) is 11.4 Å². The molecule has 4 rings (SSSR count). The lowest BCUT2D eigenvalue weighted by molar-refractivity contribution is 0.122. The third-order valence-corrected chi connectivity index (χ3v) is 5.37. The Kier molecular flexibility index (Phi) is 4.99. The number of H-pyrrole nitrogens is 1. The van der Waals surface area contributed by atoms with Gasteiger partial charge in [-0.15, -0.1) is 5.10 Å². The number of likely N-dealkylation sites (tertiary alicyclic amines) is 1. The molecule has 0 aliphatic carbocycles. The standard InChI is InChI=1S/C19H27N5O/c1-15(23-9-3-2-4-10-23)16-5-7-17(8-6-16)18-20-19(22-21-18)24-11-13-25-14-12-24/h5-8,15H,2-4,9-14H2,1H3,(H,20,21,22). The smallest absolute Gasteiger partial charge is 0.245 e. The monoisotopic (exact) mass is 341 g/mol. The van der Waals surface area contributed by atoms with Crippen molar-refractivity contribution < 1.29 is 4.74 Å². The quantitative estimate of drug-likeness (QED) is 0.927. The van der Waals surface area contributed by atoms with E-state index in [1.807, 2.05) is 0 Å². The van der Waals surface area contributed by atoms with E-state index < -0.39 is 0 Å². The van der Waals surface area contributed by atoms with Gasteiger partial charge in [-0.1, -0.05) is 30.7 Å². The number of morpholine rings is 1. The van der Waals surface area contributed by atoms with Crippen LogP contribution in [-0.4, -0.2) is 59.5 Å². The normalized spacial score (nSPS) is 20.6. The van der Waals surface area contributed by atoms with Gasteiger partial charge < -0.3 is 9.64 Å². The SMILES string of the molecule is CC(c1ccc(-c2nc(N3CCOCC3)n[nH]2)cc1)N1CCCCC1. The van der Waals surface area contributed by atoms with Crippen molar-refractivity contribution in [2.45, 2.75) is 32.2 Å². The van der Waals surface area contributed by atoms with Crippen LogP contribution < -0.4 is 4.90 Å². The zero-order valence-electron chi connectivity index (χ0n) is 14.9. The van der Waals surface area contributed by atoms with E-state index in [9.17, 15) is 0 Å². The van der Waals surface area contributed by atoms with Crippen LogP contribution >= 0.6 is 0 Å². The molecule has 1 unspecified atom stereocenters. The summed E-state index contributed by atoms with van der Waals surface area (Å²) >= 11 is 0. The Morgan fingerprint density at radius 2 is 1.72 bits per heavy atom. The first-order chi connectivity index (χ1) is 12.3. The van der Waals surface area contributed by atoms with Gasteiger partial charge in [-0.3, -0.25) is 10.00 Å². The topological polar surface area (TPSA) is 57.3 Å². The van der Waals surface area contributed by atoms with Crippen molar-refractivity contribution >= 4 is 5.95 Å². The molecule has 0 spiro atoms. The fraction of sp³-hybridized carbons (Fsp3) is 0.579. The number of nitrogens with zero attached hydrogens (tertiary/aromatic N) is 4. The maximum Gasteiger partial charge on any atom is 0.245 e. The number of aromatic amines is 1. The predicted octanol–water partition coefficient (Wildman–Crippen LogP) is 2.86. The highest BCUT2D eigenvalue weighted by Crippen LogP contribution is 2.26. The molecule has 1 aromatic heterocycles. The summed E-state index contributed by atoms with van der Waals surface area (Å²) in [6.45, 7) is 7.93. The highest BCUT2D eigenvalue weighted by molar-refractivity contribution is 5.57. The molecule has 25 heavy (non-hydrogen) atoms. The number of aromatic nitrogens is 3. The van der Waals surface area contributed by atoms with E-state index in [1.165, 1.54) is 37.9 Å². The lowest BCUT2D eigenvalue weighted by Crippen LogP contribution is -2.36. The number of ether oxygens (including phenoxy) is 1. The summed E-state index contributed by atoms with van der Waals surface area (Å²) in [7, 11) is 0. The van der Waals surface area contributed by atoms with Gasteiger partial charge in [0.1, 0.15) is 0 Å². The average Bonchev–Trinajstić information content (AvgIpc) is 3.19. The molecule has 2 fully saturated rings. The van der Waals surface area contributed by atoms with Crippen molar-refractivity contribution in [1.82, 2.24) is 20.1 Å². The van der Waals surface area contributed by atoms with Gasteiger partial charge in [-0.2, -0.15) is 4.98 Å². The minimum Gasteiger partial charge on any atom is -0.378 e. The second-order valence-corrected chi connectivity index (χ2v) is 6.98. The van der Waals surface area contributed by atoms with Gasteiger partial charge in [0.25, 0.3) is 0 Å². The molecule has 1 aromatic carbocycles. The first kappa shape index (κ1) is 16.5. The fourth-order valence-corrected chi connectivity index (χ4v) is 3.72. The van der Waals surface area contributed by atoms with Gasteiger partial charge in [0.15, 0.2) is 5.82 Å². The van der Waals surface area contributed by atoms with Crippen molar-refractivity contribution in [2.24, 2.45) is 0 Å². The van der Waals surface area contributed by atoms with Gasteiger partial charge in [0.2, 0.25) is 5.95 Å². The van der Waals surface area contributed by atoms with Crippen LogP contribution in [-0.2, 0) is 4.74 Å². The largest absolute Gasteiger partial charge is 0.378 e. The number of rotatable bonds is 4. The molecule has 2 aromatic rings. The Hall–Kier alpha value is -1.92. The van der Waals surface area contributed by atoms with Crippen LogP contribution in [0.1, 0.15) is 37.8 Å². The minimum absolute atomic E-state index is 0.480. The fourth-order valence-electron chi connectivity index (χ4n) is 3.72. The molecule has 6 nitrogen and oxygen atoms in total. The summed E-state index contributed by atoms with van der Waals surface area (Å²) in [6, 6.07) is 9.24. The molecule has 134 valence electrons. The van der Waals surface area contributed by atoms with Gasteiger partial charge in [-0.25, -0.2) is 0 Å². The van der Waals surface area contributed by atoms with Crippen LogP contribution in [0.5, 0.6) is 0 Å². The molecule has 0 amide bonds. The Morgan fingerprint density at radius 3 is 2.44 bits per heavy atom. The summed E-state index contributed by atoms with van der Waals surface area (Å²) in [6.07, 6.45) is 4.02. The lowest BCUT2D eigenvalue weighted by atomic mass is 10.0. The van der Waals surface area contributed by atoms with E-state index in [4.69, 9.17) is 4.74 Å². The van der Waals surface area contributed by atoms with Crippen molar-refractivity contribution in [1.29, 1.82) is 0 Å². The predicted molar refractivity (Wildman–Crippen MR) is 98.7 cm³/mol.